The number of halogens is 2. The number of hydrogen-bond donors (Lipinski definition) is 0. The molecule has 0 bridgehead atoms. The zero-order valence-corrected chi connectivity index (χ0v) is 13.8. The van der Waals surface area contributed by atoms with Gasteiger partial charge in [-0.2, -0.15) is 4.98 Å². The van der Waals surface area contributed by atoms with Crippen molar-refractivity contribution in [2.75, 3.05) is 13.7 Å². The van der Waals surface area contributed by atoms with Crippen molar-refractivity contribution in [3.05, 3.63) is 47.1 Å². The van der Waals surface area contributed by atoms with Crippen molar-refractivity contribution in [1.82, 2.24) is 15.0 Å². The highest BCUT2D eigenvalue weighted by Crippen LogP contribution is 2.24. The van der Waals surface area contributed by atoms with Crippen LogP contribution in [0.3, 0.4) is 0 Å². The quantitative estimate of drug-likeness (QED) is 0.723. The van der Waals surface area contributed by atoms with E-state index in [-0.39, 0.29) is 18.7 Å². The fourth-order valence-corrected chi connectivity index (χ4v) is 2.28. The van der Waals surface area contributed by atoms with Gasteiger partial charge in [-0.15, -0.1) is 0 Å². The molecule has 130 valence electrons. The van der Waals surface area contributed by atoms with Gasteiger partial charge in [0.2, 0.25) is 5.89 Å². The van der Waals surface area contributed by atoms with Crippen LogP contribution in [0.15, 0.2) is 22.7 Å². The molecule has 1 atom stereocenters. The molecule has 0 aliphatic rings. The lowest BCUT2D eigenvalue weighted by atomic mass is 10.1. The summed E-state index contributed by atoms with van der Waals surface area (Å²) in [6, 6.07) is 2.39. The van der Waals surface area contributed by atoms with Crippen LogP contribution in [0.5, 0.6) is 0 Å². The maximum absolute atomic E-state index is 13.5. The maximum Gasteiger partial charge on any atom is 0.328 e. The highest BCUT2D eigenvalue weighted by atomic mass is 19.2. The van der Waals surface area contributed by atoms with E-state index in [0.717, 1.165) is 12.1 Å². The molecule has 2 aromatic rings. The highest BCUT2D eigenvalue weighted by molar-refractivity contribution is 5.77. The zero-order valence-electron chi connectivity index (χ0n) is 13.8. The standard InChI is InChI=1S/C16H19F2N3O3/c1-4-13-19-14(24-20-13)9-21(3)15(16(22)23-5-2)10-6-7-11(17)12(18)8-10/h6-8,15H,4-5,9H2,1-3H3/t15-/m0/s1. The third-order valence-electron chi connectivity index (χ3n) is 3.42. The summed E-state index contributed by atoms with van der Waals surface area (Å²) in [6.45, 7) is 3.90. The molecule has 0 saturated heterocycles. The van der Waals surface area contributed by atoms with Crippen LogP contribution in [0.4, 0.5) is 8.78 Å². The number of nitrogens with zero attached hydrogens (tertiary/aromatic N) is 3. The molecule has 1 heterocycles. The van der Waals surface area contributed by atoms with E-state index in [1.165, 1.54) is 6.07 Å². The monoisotopic (exact) mass is 339 g/mol. The molecule has 0 aliphatic heterocycles. The Bertz CT molecular complexity index is 706. The molecule has 0 aliphatic carbocycles. The summed E-state index contributed by atoms with van der Waals surface area (Å²) in [6.07, 6.45) is 0.623. The highest BCUT2D eigenvalue weighted by Gasteiger charge is 2.28. The Labute approximate surface area is 138 Å². The zero-order chi connectivity index (χ0) is 17.7. The summed E-state index contributed by atoms with van der Waals surface area (Å²) in [4.78, 5) is 18.0. The van der Waals surface area contributed by atoms with Crippen LogP contribution < -0.4 is 0 Å². The molecule has 1 aromatic carbocycles. The first-order chi connectivity index (χ1) is 11.5. The van der Waals surface area contributed by atoms with Gasteiger partial charge in [0.25, 0.3) is 0 Å². The summed E-state index contributed by atoms with van der Waals surface area (Å²) < 4.78 is 36.9. The van der Waals surface area contributed by atoms with E-state index in [1.807, 2.05) is 6.92 Å². The molecular formula is C16H19F2N3O3. The molecule has 0 unspecified atom stereocenters. The smallest absolute Gasteiger partial charge is 0.328 e. The Hall–Kier alpha value is -2.35. The van der Waals surface area contributed by atoms with Gasteiger partial charge >= 0.3 is 5.97 Å². The van der Waals surface area contributed by atoms with E-state index in [4.69, 9.17) is 9.26 Å². The molecule has 0 spiro atoms. The molecule has 1 aromatic heterocycles. The minimum Gasteiger partial charge on any atom is -0.465 e. The normalized spacial score (nSPS) is 12.4. The minimum atomic E-state index is -1.03. The van der Waals surface area contributed by atoms with Crippen molar-refractivity contribution >= 4 is 5.97 Å². The van der Waals surface area contributed by atoms with E-state index in [9.17, 15) is 13.6 Å². The van der Waals surface area contributed by atoms with Gasteiger partial charge in [-0.05, 0) is 31.7 Å². The number of ether oxygens (including phenoxy) is 1. The van der Waals surface area contributed by atoms with Gasteiger partial charge in [0, 0.05) is 6.42 Å². The Morgan fingerprint density at radius 3 is 2.67 bits per heavy atom. The molecule has 0 radical (unpaired) electrons. The SMILES string of the molecule is CCOC(=O)[C@H](c1ccc(F)c(F)c1)N(C)Cc1nc(CC)no1. The van der Waals surface area contributed by atoms with Crippen LogP contribution in [-0.4, -0.2) is 34.7 Å². The second-order valence-corrected chi connectivity index (χ2v) is 5.20. The first-order valence-electron chi connectivity index (χ1n) is 7.59. The van der Waals surface area contributed by atoms with E-state index in [1.54, 1.807) is 18.9 Å². The van der Waals surface area contributed by atoms with Crippen molar-refractivity contribution in [1.29, 1.82) is 0 Å². The molecule has 0 fully saturated rings. The molecular weight excluding hydrogens is 320 g/mol. The van der Waals surface area contributed by atoms with Gasteiger partial charge in [0.15, 0.2) is 17.5 Å². The lowest BCUT2D eigenvalue weighted by Crippen LogP contribution is -2.32. The first-order valence-corrected chi connectivity index (χ1v) is 7.59. The number of benzene rings is 1. The summed E-state index contributed by atoms with van der Waals surface area (Å²) in [5, 5.41) is 3.79. The van der Waals surface area contributed by atoms with Crippen LogP contribution >= 0.6 is 0 Å². The number of likely N-dealkylation sites (N-methyl/N-ethyl adjacent to an activating group) is 1. The van der Waals surface area contributed by atoms with Crippen molar-refractivity contribution < 1.29 is 22.8 Å². The van der Waals surface area contributed by atoms with E-state index in [2.05, 4.69) is 10.1 Å². The Morgan fingerprint density at radius 1 is 1.33 bits per heavy atom. The fraction of sp³-hybridized carbons (Fsp3) is 0.438. The van der Waals surface area contributed by atoms with E-state index < -0.39 is 23.6 Å². The van der Waals surface area contributed by atoms with Gasteiger partial charge in [0.1, 0.15) is 6.04 Å². The number of rotatable bonds is 7. The fourth-order valence-electron chi connectivity index (χ4n) is 2.28. The van der Waals surface area contributed by atoms with Gasteiger partial charge in [0.05, 0.1) is 13.2 Å². The average Bonchev–Trinajstić information content (AvgIpc) is 2.99. The first kappa shape index (κ1) is 18.0. The van der Waals surface area contributed by atoms with Crippen molar-refractivity contribution in [2.24, 2.45) is 0 Å². The summed E-state index contributed by atoms with van der Waals surface area (Å²) in [7, 11) is 1.64. The van der Waals surface area contributed by atoms with E-state index in [0.29, 0.717) is 18.1 Å². The summed E-state index contributed by atoms with van der Waals surface area (Å²) >= 11 is 0. The van der Waals surface area contributed by atoms with Crippen LogP contribution in [0.2, 0.25) is 0 Å². The topological polar surface area (TPSA) is 68.5 Å². The number of hydrogen-bond acceptors (Lipinski definition) is 6. The minimum absolute atomic E-state index is 0.162. The predicted molar refractivity (Wildman–Crippen MR) is 80.9 cm³/mol. The number of aromatic nitrogens is 2. The third kappa shape index (κ3) is 4.14. The number of carbonyl (C=O) groups excluding carboxylic acids is 1. The second kappa shape index (κ2) is 7.96. The van der Waals surface area contributed by atoms with Gasteiger partial charge < -0.3 is 9.26 Å². The van der Waals surface area contributed by atoms with E-state index >= 15 is 0 Å². The van der Waals surface area contributed by atoms with Crippen molar-refractivity contribution in [3.8, 4) is 0 Å². The molecule has 24 heavy (non-hydrogen) atoms. The average molecular weight is 339 g/mol. The maximum atomic E-state index is 13.5. The molecule has 6 nitrogen and oxygen atoms in total. The Morgan fingerprint density at radius 2 is 2.08 bits per heavy atom. The number of esters is 1. The van der Waals surface area contributed by atoms with Crippen LogP contribution in [-0.2, 0) is 22.5 Å². The van der Waals surface area contributed by atoms with Gasteiger partial charge in [-0.3, -0.25) is 4.90 Å². The lowest BCUT2D eigenvalue weighted by molar-refractivity contribution is -0.149. The van der Waals surface area contributed by atoms with Crippen molar-refractivity contribution in [2.45, 2.75) is 32.9 Å². The number of aryl methyl sites for hydroxylation is 1. The Balaban J connectivity index is 2.27. The van der Waals surface area contributed by atoms with Crippen LogP contribution in [0.1, 0.15) is 37.2 Å². The predicted octanol–water partition coefficient (Wildman–Crippen LogP) is 2.65. The molecule has 0 saturated carbocycles. The van der Waals surface area contributed by atoms with Crippen LogP contribution in [0.25, 0.3) is 0 Å². The molecule has 8 heteroatoms. The summed E-state index contributed by atoms with van der Waals surface area (Å²) in [5.74, 6) is -1.69. The Kier molecular flexibility index (Phi) is 5.97. The molecule has 0 N–H and O–H groups in total. The molecule has 2 rings (SSSR count). The lowest BCUT2D eigenvalue weighted by Gasteiger charge is -2.25. The third-order valence-corrected chi connectivity index (χ3v) is 3.42. The summed E-state index contributed by atoms with van der Waals surface area (Å²) in [5.41, 5.74) is 0.282. The molecule has 0 amide bonds. The van der Waals surface area contributed by atoms with Gasteiger partial charge in [-0.1, -0.05) is 18.1 Å². The second-order valence-electron chi connectivity index (χ2n) is 5.20. The van der Waals surface area contributed by atoms with Gasteiger partial charge in [-0.25, -0.2) is 13.6 Å². The van der Waals surface area contributed by atoms with Crippen molar-refractivity contribution in [3.63, 3.8) is 0 Å². The van der Waals surface area contributed by atoms with Crippen LogP contribution in [0, 0.1) is 11.6 Å². The number of carbonyl (C=O) groups is 1. The largest absolute Gasteiger partial charge is 0.465 e.